The number of oxime groups is 1. The number of aliphatic hydroxyl groups excluding tert-OH is 1. The minimum atomic E-state index is -0.541. The summed E-state index contributed by atoms with van der Waals surface area (Å²) in [5, 5.41) is 14.9. The quantitative estimate of drug-likeness (QED) is 0.462. The van der Waals surface area contributed by atoms with Gasteiger partial charge in [-0.2, -0.15) is 0 Å². The number of aromatic nitrogens is 1. The van der Waals surface area contributed by atoms with Crippen LogP contribution >= 0.6 is 0 Å². The topological polar surface area (TPSA) is 63.6 Å². The van der Waals surface area contributed by atoms with E-state index in [-0.39, 0.29) is 6.61 Å². The molecule has 0 amide bonds. The third kappa shape index (κ3) is 4.17. The molecule has 2 aromatic carbocycles. The zero-order valence-electron chi connectivity index (χ0n) is 17.5. The number of piperazine rings is 1. The van der Waals surface area contributed by atoms with Gasteiger partial charge < -0.3 is 14.8 Å². The number of nitrogens with zero attached hydrogens (tertiary/aromatic N) is 2. The molecule has 0 radical (unpaired) electrons. The van der Waals surface area contributed by atoms with Crippen molar-refractivity contribution in [1.29, 1.82) is 0 Å². The van der Waals surface area contributed by atoms with Crippen LogP contribution in [0.1, 0.15) is 11.1 Å². The van der Waals surface area contributed by atoms with Crippen LogP contribution < -0.4 is 14.8 Å². The molecule has 1 aliphatic carbocycles. The average molecular weight is 417 g/mol. The lowest BCUT2D eigenvalue weighted by molar-refractivity contribution is -0.903. The van der Waals surface area contributed by atoms with Crippen molar-refractivity contribution >= 4 is 11.5 Å². The number of hydrogen-bond acceptors (Lipinski definition) is 4. The van der Waals surface area contributed by atoms with E-state index in [9.17, 15) is 5.11 Å². The molecule has 2 aliphatic rings. The van der Waals surface area contributed by atoms with Crippen molar-refractivity contribution in [2.45, 2.75) is 6.10 Å². The molecule has 31 heavy (non-hydrogen) atoms. The first-order valence-corrected chi connectivity index (χ1v) is 10.9. The first-order valence-electron chi connectivity index (χ1n) is 10.9. The monoisotopic (exact) mass is 416 g/mol. The van der Waals surface area contributed by atoms with Crippen molar-refractivity contribution in [2.24, 2.45) is 5.16 Å². The Morgan fingerprint density at radius 1 is 0.903 bits per heavy atom. The second kappa shape index (κ2) is 8.88. The van der Waals surface area contributed by atoms with Crippen LogP contribution in [0.2, 0.25) is 0 Å². The Balaban J connectivity index is 1.16. The number of aromatic amines is 1. The van der Waals surface area contributed by atoms with Gasteiger partial charge in [-0.05, 0) is 17.2 Å². The summed E-state index contributed by atoms with van der Waals surface area (Å²) in [7, 11) is 0. The molecule has 158 valence electrons. The minimum Gasteiger partial charge on any atom is -0.392 e. The predicted octanol–water partition coefficient (Wildman–Crippen LogP) is 1.02. The molecule has 1 aromatic heterocycles. The smallest absolute Gasteiger partial charge is 0.274 e. The number of fused-ring (bicyclic) bond motifs is 3. The number of aliphatic hydroxyl groups is 1. The first-order chi connectivity index (χ1) is 15.3. The molecule has 2 heterocycles. The van der Waals surface area contributed by atoms with Crippen molar-refractivity contribution < 1.29 is 19.8 Å². The van der Waals surface area contributed by atoms with E-state index in [1.807, 2.05) is 36.5 Å². The van der Waals surface area contributed by atoms with E-state index in [1.165, 1.54) is 16.0 Å². The van der Waals surface area contributed by atoms with Gasteiger partial charge in [-0.15, -0.1) is 0 Å². The van der Waals surface area contributed by atoms with Crippen LogP contribution in [0.3, 0.4) is 0 Å². The lowest BCUT2D eigenvalue weighted by atomic mass is 10.1. The van der Waals surface area contributed by atoms with Gasteiger partial charge in [0.1, 0.15) is 51.1 Å². The molecular formula is C25H28N4O2+2. The van der Waals surface area contributed by atoms with Gasteiger partial charge in [-0.3, -0.25) is 4.90 Å². The van der Waals surface area contributed by atoms with Gasteiger partial charge in [0.05, 0.1) is 6.20 Å². The number of rotatable bonds is 6. The molecule has 1 fully saturated rings. The number of H-pyrrole nitrogens is 1. The van der Waals surface area contributed by atoms with Gasteiger partial charge in [-0.25, -0.2) is 4.98 Å². The lowest BCUT2D eigenvalue weighted by Gasteiger charge is -2.29. The number of hydrogen-bond donors (Lipinski definition) is 2. The maximum absolute atomic E-state index is 10.5. The highest BCUT2D eigenvalue weighted by atomic mass is 16.6. The number of anilines is 1. The molecule has 0 spiro atoms. The summed E-state index contributed by atoms with van der Waals surface area (Å²) in [6, 6.07) is 22.6. The summed E-state index contributed by atoms with van der Waals surface area (Å²) in [5.74, 6) is 1.15. The maximum atomic E-state index is 10.5. The van der Waals surface area contributed by atoms with E-state index in [4.69, 9.17) is 4.84 Å². The average Bonchev–Trinajstić information content (AvgIpc) is 3.14. The van der Waals surface area contributed by atoms with Crippen molar-refractivity contribution in [3.8, 4) is 11.1 Å². The highest BCUT2D eigenvalue weighted by molar-refractivity contribution is 6.24. The Labute approximate surface area is 182 Å². The molecule has 5 rings (SSSR count). The summed E-state index contributed by atoms with van der Waals surface area (Å²) >= 11 is 0. The zero-order valence-corrected chi connectivity index (χ0v) is 17.5. The Morgan fingerprint density at radius 2 is 1.52 bits per heavy atom. The molecule has 0 bridgehead atoms. The van der Waals surface area contributed by atoms with Gasteiger partial charge in [0, 0.05) is 17.2 Å². The molecule has 0 unspecified atom stereocenters. The molecule has 1 aliphatic heterocycles. The highest BCUT2D eigenvalue weighted by Gasteiger charge is 2.28. The Hall–Kier alpha value is -3.22. The normalized spacial score (nSPS) is 16.5. The largest absolute Gasteiger partial charge is 0.392 e. The van der Waals surface area contributed by atoms with Crippen LogP contribution in [0.15, 0.2) is 78.1 Å². The third-order valence-electron chi connectivity index (χ3n) is 6.11. The van der Waals surface area contributed by atoms with Crippen molar-refractivity contribution in [3.05, 3.63) is 84.1 Å². The molecule has 6 nitrogen and oxygen atoms in total. The van der Waals surface area contributed by atoms with E-state index in [0.717, 1.165) is 48.8 Å². The van der Waals surface area contributed by atoms with Crippen LogP contribution in [0.5, 0.6) is 0 Å². The van der Waals surface area contributed by atoms with Crippen LogP contribution in [0.4, 0.5) is 5.82 Å². The fourth-order valence-corrected chi connectivity index (χ4v) is 4.52. The van der Waals surface area contributed by atoms with E-state index in [2.05, 4.69) is 51.4 Å². The first kappa shape index (κ1) is 19.7. The van der Waals surface area contributed by atoms with Crippen LogP contribution in [-0.4, -0.2) is 56.3 Å². The summed E-state index contributed by atoms with van der Waals surface area (Å²) < 4.78 is 0. The Bertz CT molecular complexity index is 1010. The van der Waals surface area contributed by atoms with Crippen molar-refractivity contribution in [3.63, 3.8) is 0 Å². The number of quaternary nitrogens is 1. The summed E-state index contributed by atoms with van der Waals surface area (Å²) in [6.45, 7) is 4.81. The molecule has 1 saturated heterocycles. The molecule has 1 atom stereocenters. The number of pyridine rings is 1. The molecule has 6 heteroatoms. The minimum absolute atomic E-state index is 0.202. The summed E-state index contributed by atoms with van der Waals surface area (Å²) in [4.78, 5) is 12.7. The van der Waals surface area contributed by atoms with Crippen LogP contribution in [0, 0.1) is 0 Å². The van der Waals surface area contributed by atoms with Crippen molar-refractivity contribution in [2.75, 3.05) is 44.2 Å². The fraction of sp³-hybridized carbons (Fsp3) is 0.280. The lowest BCUT2D eigenvalue weighted by Crippen LogP contribution is -3.16. The molecule has 0 saturated carbocycles. The van der Waals surface area contributed by atoms with E-state index >= 15 is 0 Å². The van der Waals surface area contributed by atoms with Gasteiger partial charge in [-0.1, -0.05) is 59.8 Å². The second-order valence-electron chi connectivity index (χ2n) is 8.17. The number of benzene rings is 2. The fourth-order valence-electron chi connectivity index (χ4n) is 4.52. The third-order valence-corrected chi connectivity index (χ3v) is 6.11. The SMILES string of the molecule is O[C@@H](CON=C1c2ccccc2-c2ccccc21)C[NH+]1CCN(c2cccc[nH+]2)CC1. The molecule has 3 N–H and O–H groups in total. The summed E-state index contributed by atoms with van der Waals surface area (Å²) in [6.07, 6.45) is 1.42. The zero-order chi connectivity index (χ0) is 21.0. The Morgan fingerprint density at radius 3 is 2.13 bits per heavy atom. The predicted molar refractivity (Wildman–Crippen MR) is 120 cm³/mol. The van der Waals surface area contributed by atoms with Crippen molar-refractivity contribution in [1.82, 2.24) is 0 Å². The molecular weight excluding hydrogens is 388 g/mol. The summed E-state index contributed by atoms with van der Waals surface area (Å²) in [5.41, 5.74) is 5.37. The van der Waals surface area contributed by atoms with Gasteiger partial charge in [0.15, 0.2) is 0 Å². The van der Waals surface area contributed by atoms with Gasteiger partial charge >= 0.3 is 0 Å². The van der Waals surface area contributed by atoms with E-state index in [0.29, 0.717) is 6.54 Å². The standard InChI is InChI=1S/C25H26N4O2/c30-19(17-28-13-15-29(16-14-28)24-11-5-6-12-26-24)18-31-27-25-22-9-3-1-7-20(22)21-8-2-4-10-23(21)25/h1-12,19,30H,13-18H2/p+2/t19-/m1/s1. The van der Waals surface area contributed by atoms with Gasteiger partial charge in [0.25, 0.3) is 5.82 Å². The second-order valence-corrected chi connectivity index (χ2v) is 8.17. The maximum Gasteiger partial charge on any atom is 0.274 e. The number of nitrogens with one attached hydrogen (secondary N) is 2. The van der Waals surface area contributed by atoms with Gasteiger partial charge in [0.2, 0.25) is 0 Å². The van der Waals surface area contributed by atoms with Crippen LogP contribution in [0.25, 0.3) is 11.1 Å². The Kier molecular flexibility index (Phi) is 5.65. The molecule has 3 aromatic rings. The van der Waals surface area contributed by atoms with Crippen LogP contribution in [-0.2, 0) is 4.84 Å². The van der Waals surface area contributed by atoms with E-state index < -0.39 is 6.10 Å². The van der Waals surface area contributed by atoms with E-state index in [1.54, 1.807) is 0 Å². The highest BCUT2D eigenvalue weighted by Crippen LogP contribution is 2.36.